The zero-order valence-corrected chi connectivity index (χ0v) is 24.6. The topological polar surface area (TPSA) is 123 Å². The van der Waals surface area contributed by atoms with Crippen LogP contribution in [0.5, 0.6) is 0 Å². The highest BCUT2D eigenvalue weighted by Gasteiger charge is 2.65. The third-order valence-electron chi connectivity index (χ3n) is 7.67. The van der Waals surface area contributed by atoms with Crippen LogP contribution in [0.15, 0.2) is 61.1 Å². The average molecular weight is 619 g/mol. The molecule has 13 heteroatoms. The van der Waals surface area contributed by atoms with Gasteiger partial charge in [0.2, 0.25) is 0 Å². The van der Waals surface area contributed by atoms with Gasteiger partial charge in [-0.05, 0) is 42.8 Å². The molecule has 0 radical (unpaired) electrons. The van der Waals surface area contributed by atoms with E-state index in [0.717, 1.165) is 4.90 Å². The second kappa shape index (κ2) is 10.5. The lowest BCUT2D eigenvalue weighted by Crippen LogP contribution is -2.54. The first-order valence-electron chi connectivity index (χ1n) is 12.8. The van der Waals surface area contributed by atoms with Crippen molar-refractivity contribution in [2.45, 2.75) is 18.4 Å². The molecule has 0 bridgehead atoms. The van der Waals surface area contributed by atoms with Crippen LogP contribution in [-0.2, 0) is 4.79 Å². The number of benzene rings is 2. The fourth-order valence-corrected chi connectivity index (χ4v) is 7.13. The van der Waals surface area contributed by atoms with E-state index in [1.165, 1.54) is 34.4 Å². The number of aryl methyl sites for hydroxylation is 1. The molecule has 42 heavy (non-hydrogen) atoms. The molecule has 4 heterocycles. The monoisotopic (exact) mass is 617 g/mol. The number of nitrogens with zero attached hydrogens (tertiary/aromatic N) is 7. The van der Waals surface area contributed by atoms with Crippen LogP contribution in [-0.4, -0.2) is 68.3 Å². The Labute approximate surface area is 254 Å². The highest BCUT2D eigenvalue weighted by Crippen LogP contribution is 2.47. The van der Waals surface area contributed by atoms with Gasteiger partial charge in [-0.25, -0.2) is 14.7 Å². The number of thiazole rings is 1. The largest absolute Gasteiger partial charge is 0.334 e. The van der Waals surface area contributed by atoms with Crippen molar-refractivity contribution < 1.29 is 14.4 Å². The number of likely N-dealkylation sites (tertiary alicyclic amines) is 1. The highest BCUT2D eigenvalue weighted by molar-refractivity contribution is 7.17. The quantitative estimate of drug-likeness (QED) is 0.290. The summed E-state index contributed by atoms with van der Waals surface area (Å²) < 4.78 is 0. The van der Waals surface area contributed by atoms with Crippen molar-refractivity contribution in [3.05, 3.63) is 92.8 Å². The molecule has 4 amide bonds. The number of anilines is 1. The van der Waals surface area contributed by atoms with Gasteiger partial charge in [0.25, 0.3) is 11.8 Å². The van der Waals surface area contributed by atoms with Crippen LogP contribution in [0.3, 0.4) is 0 Å². The predicted octanol–water partition coefficient (Wildman–Crippen LogP) is 5.16. The number of amides is 4. The van der Waals surface area contributed by atoms with E-state index in [9.17, 15) is 19.6 Å². The minimum atomic E-state index is -1.43. The summed E-state index contributed by atoms with van der Waals surface area (Å²) in [6.07, 6.45) is 4.68. The lowest BCUT2D eigenvalue weighted by atomic mass is 9.80. The smallest absolute Gasteiger partial charge is 0.332 e. The van der Waals surface area contributed by atoms with Gasteiger partial charge in [-0.2, -0.15) is 5.26 Å². The van der Waals surface area contributed by atoms with Crippen molar-refractivity contribution in [3.63, 3.8) is 0 Å². The van der Waals surface area contributed by atoms with Gasteiger partial charge in [0.1, 0.15) is 21.1 Å². The minimum absolute atomic E-state index is 0.0554. The third kappa shape index (κ3) is 4.39. The van der Waals surface area contributed by atoms with Crippen LogP contribution in [0.4, 0.5) is 10.5 Å². The summed E-state index contributed by atoms with van der Waals surface area (Å²) in [7, 11) is 1.56. The molecule has 2 fully saturated rings. The number of hydrogen-bond acceptors (Lipinski definition) is 8. The highest BCUT2D eigenvalue weighted by atomic mass is 35.5. The van der Waals surface area contributed by atoms with Gasteiger partial charge in [0.15, 0.2) is 0 Å². The number of hydrogen-bond donors (Lipinski definition) is 0. The molecular formula is C29H21Cl2N7O3S. The van der Waals surface area contributed by atoms with Crippen molar-refractivity contribution in [2.75, 3.05) is 25.0 Å². The van der Waals surface area contributed by atoms with Crippen LogP contribution in [0.2, 0.25) is 10.0 Å². The van der Waals surface area contributed by atoms with Gasteiger partial charge in [-0.1, -0.05) is 35.3 Å². The Kier molecular flexibility index (Phi) is 6.93. The molecular weight excluding hydrogens is 597 g/mol. The van der Waals surface area contributed by atoms with Crippen LogP contribution < -0.4 is 4.90 Å². The Morgan fingerprint density at radius 1 is 1.12 bits per heavy atom. The van der Waals surface area contributed by atoms with E-state index < -0.39 is 23.4 Å². The Morgan fingerprint density at radius 2 is 1.83 bits per heavy atom. The molecule has 2 atom stereocenters. The van der Waals surface area contributed by atoms with Gasteiger partial charge < -0.3 is 9.80 Å². The Hall–Kier alpha value is -4.37. The minimum Gasteiger partial charge on any atom is -0.334 e. The van der Waals surface area contributed by atoms with Crippen molar-refractivity contribution in [3.8, 4) is 16.8 Å². The zero-order valence-electron chi connectivity index (χ0n) is 22.3. The lowest BCUT2D eigenvalue weighted by molar-refractivity contribution is -0.124. The fraction of sp³-hybridized carbons (Fsp3) is 0.207. The molecule has 2 aliphatic heterocycles. The van der Waals surface area contributed by atoms with E-state index in [1.807, 2.05) is 0 Å². The molecule has 2 saturated heterocycles. The molecule has 2 aromatic carbocycles. The summed E-state index contributed by atoms with van der Waals surface area (Å²) in [6, 6.07) is 12.9. The van der Waals surface area contributed by atoms with E-state index in [0.29, 0.717) is 32.4 Å². The average Bonchev–Trinajstić information content (AvgIpc) is 3.63. The number of urea groups is 1. The van der Waals surface area contributed by atoms with E-state index in [4.69, 9.17) is 23.2 Å². The maximum atomic E-state index is 14.4. The Morgan fingerprint density at radius 3 is 2.48 bits per heavy atom. The summed E-state index contributed by atoms with van der Waals surface area (Å²) in [5, 5.41) is 10.4. The van der Waals surface area contributed by atoms with Gasteiger partial charge in [0.05, 0.1) is 35.8 Å². The molecule has 2 aliphatic rings. The molecule has 0 aliphatic carbocycles. The van der Waals surface area contributed by atoms with Crippen LogP contribution in [0.1, 0.15) is 32.4 Å². The first-order valence-corrected chi connectivity index (χ1v) is 14.3. The second-order valence-electron chi connectivity index (χ2n) is 10.0. The first kappa shape index (κ1) is 27.8. The maximum absolute atomic E-state index is 14.4. The molecule has 210 valence electrons. The SMILES string of the molecule is Cc1nc(-c2cnccn2)sc1C(=O)N1CC(c2ccc(C#N)cc2)C2(C1)C(=O)N(c1cc(Cl)cc(Cl)c1)C(=O)N2C. The summed E-state index contributed by atoms with van der Waals surface area (Å²) in [6.45, 7) is 1.84. The van der Waals surface area contributed by atoms with Crippen molar-refractivity contribution in [2.24, 2.45) is 0 Å². The van der Waals surface area contributed by atoms with E-state index in [1.54, 1.807) is 61.7 Å². The molecule has 2 unspecified atom stereocenters. The summed E-state index contributed by atoms with van der Waals surface area (Å²) in [5.41, 5.74) is 1.05. The number of likely N-dealkylation sites (N-methyl/N-ethyl adjacent to an activating group) is 1. The standard InChI is InChI=1S/C29H21Cl2N7O3S/c1-16-24(42-25(35-16)23-13-33-7-8-34-23)26(39)37-14-22(18-5-3-17(12-32)4-6-18)29(15-37)27(40)38(28(41)36(29)2)21-10-19(30)9-20(31)11-21/h3-11,13,22H,14-15H2,1-2H3. The predicted molar refractivity (Wildman–Crippen MR) is 158 cm³/mol. The number of aromatic nitrogens is 3. The van der Waals surface area contributed by atoms with Crippen molar-refractivity contribution in [1.29, 1.82) is 5.26 Å². The molecule has 10 nitrogen and oxygen atoms in total. The number of halogens is 2. The summed E-state index contributed by atoms with van der Waals surface area (Å²) in [5.74, 6) is -1.41. The van der Waals surface area contributed by atoms with E-state index >= 15 is 0 Å². The number of rotatable bonds is 4. The number of carbonyl (C=O) groups excluding carboxylic acids is 3. The molecule has 2 aromatic heterocycles. The van der Waals surface area contributed by atoms with Gasteiger partial charge >= 0.3 is 6.03 Å². The maximum Gasteiger partial charge on any atom is 0.332 e. The number of imide groups is 1. The fourth-order valence-electron chi connectivity index (χ4n) is 5.62. The normalized spacial score (nSPS) is 20.1. The lowest BCUT2D eigenvalue weighted by Gasteiger charge is -2.33. The van der Waals surface area contributed by atoms with Gasteiger partial charge in [0, 0.05) is 41.9 Å². The van der Waals surface area contributed by atoms with Gasteiger partial charge in [-0.3, -0.25) is 19.6 Å². The first-order chi connectivity index (χ1) is 20.1. The number of nitriles is 1. The molecule has 0 N–H and O–H groups in total. The molecule has 1 spiro atoms. The molecule has 6 rings (SSSR count). The van der Waals surface area contributed by atoms with Crippen LogP contribution >= 0.6 is 34.5 Å². The molecule has 4 aromatic rings. The summed E-state index contributed by atoms with van der Waals surface area (Å²) >= 11 is 13.6. The molecule has 0 saturated carbocycles. The Bertz CT molecular complexity index is 1770. The van der Waals surface area contributed by atoms with E-state index in [2.05, 4.69) is 21.0 Å². The summed E-state index contributed by atoms with van der Waals surface area (Å²) in [4.78, 5) is 59.5. The van der Waals surface area contributed by atoms with Crippen molar-refractivity contribution in [1.82, 2.24) is 24.8 Å². The van der Waals surface area contributed by atoms with Crippen LogP contribution in [0.25, 0.3) is 10.7 Å². The second-order valence-corrected chi connectivity index (χ2v) is 11.9. The Balaban J connectivity index is 1.43. The zero-order chi connectivity index (χ0) is 29.8. The van der Waals surface area contributed by atoms with E-state index in [-0.39, 0.29) is 34.7 Å². The van der Waals surface area contributed by atoms with Crippen molar-refractivity contribution >= 4 is 58.1 Å². The third-order valence-corrected chi connectivity index (χ3v) is 9.27. The van der Waals surface area contributed by atoms with Crippen LogP contribution in [0, 0.1) is 18.3 Å². The number of carbonyl (C=O) groups is 3. The van der Waals surface area contributed by atoms with Gasteiger partial charge in [-0.15, -0.1) is 11.3 Å².